The smallest absolute Gasteiger partial charge is 0.208 e. The summed E-state index contributed by atoms with van der Waals surface area (Å²) >= 11 is 1.82. The van der Waals surface area contributed by atoms with Gasteiger partial charge in [-0.2, -0.15) is 0 Å². The maximum absolute atomic E-state index is 10.9. The van der Waals surface area contributed by atoms with Crippen molar-refractivity contribution in [2.45, 2.75) is 50.7 Å². The fourth-order valence-corrected chi connectivity index (χ4v) is 6.80. The van der Waals surface area contributed by atoms with E-state index in [1.165, 1.54) is 19.6 Å². The first-order valence-corrected chi connectivity index (χ1v) is 10.4. The van der Waals surface area contributed by atoms with E-state index in [1.807, 2.05) is 17.8 Å². The molecule has 0 spiro atoms. The van der Waals surface area contributed by atoms with E-state index in [4.69, 9.17) is 0 Å². The molecule has 0 saturated carbocycles. The highest BCUT2D eigenvalue weighted by Gasteiger charge is 2.39. The summed E-state index contributed by atoms with van der Waals surface area (Å²) in [6.07, 6.45) is 0. The first-order chi connectivity index (χ1) is 11.9. The van der Waals surface area contributed by atoms with Gasteiger partial charge in [-0.1, -0.05) is 62.9 Å². The Bertz CT molecular complexity index is 895. The summed E-state index contributed by atoms with van der Waals surface area (Å²) in [5.41, 5.74) is 1.18. The van der Waals surface area contributed by atoms with Gasteiger partial charge in [0, 0.05) is 0 Å². The average Bonchev–Trinajstić information content (AvgIpc) is 2.59. The SMILES string of the molecule is CC(C)(C)c1ccc([S+]2c3ccccc3Sc3ccccc32)c(O)c1. The fraction of sp³-hybridized carbons (Fsp3) is 0.182. The third-order valence-electron chi connectivity index (χ3n) is 4.40. The number of fused-ring (bicyclic) bond motifs is 2. The van der Waals surface area contributed by atoms with Gasteiger partial charge >= 0.3 is 0 Å². The van der Waals surface area contributed by atoms with Gasteiger partial charge in [0.15, 0.2) is 15.5 Å². The van der Waals surface area contributed by atoms with E-state index < -0.39 is 0 Å². The summed E-state index contributed by atoms with van der Waals surface area (Å²) < 4.78 is 0. The molecule has 0 unspecified atom stereocenters. The van der Waals surface area contributed by atoms with Crippen LogP contribution in [0.25, 0.3) is 0 Å². The molecule has 0 radical (unpaired) electrons. The van der Waals surface area contributed by atoms with Gasteiger partial charge in [0.2, 0.25) is 4.90 Å². The van der Waals surface area contributed by atoms with Gasteiger partial charge in [-0.15, -0.1) is 0 Å². The van der Waals surface area contributed by atoms with Gasteiger partial charge in [0.05, 0.1) is 9.79 Å². The van der Waals surface area contributed by atoms with Gasteiger partial charge in [-0.3, -0.25) is 0 Å². The zero-order valence-corrected chi connectivity index (χ0v) is 16.2. The van der Waals surface area contributed by atoms with Gasteiger partial charge in [-0.05, 0) is 47.4 Å². The van der Waals surface area contributed by atoms with Crippen molar-refractivity contribution in [2.24, 2.45) is 0 Å². The molecule has 1 N–H and O–H groups in total. The first-order valence-electron chi connectivity index (χ1n) is 8.39. The van der Waals surface area contributed by atoms with Crippen molar-refractivity contribution >= 4 is 22.7 Å². The lowest BCUT2D eigenvalue weighted by atomic mass is 9.87. The molecule has 3 heteroatoms. The van der Waals surface area contributed by atoms with Crippen LogP contribution >= 0.6 is 11.8 Å². The minimum atomic E-state index is -0.275. The molecular formula is C22H21OS2+. The van der Waals surface area contributed by atoms with Crippen LogP contribution in [0.15, 0.2) is 91.2 Å². The topological polar surface area (TPSA) is 20.2 Å². The number of phenols is 1. The van der Waals surface area contributed by atoms with Crippen LogP contribution in [0.1, 0.15) is 26.3 Å². The van der Waals surface area contributed by atoms with Crippen LogP contribution in [0.5, 0.6) is 5.75 Å². The Kier molecular flexibility index (Phi) is 4.09. The van der Waals surface area contributed by atoms with Crippen molar-refractivity contribution in [1.82, 2.24) is 0 Å². The van der Waals surface area contributed by atoms with Crippen LogP contribution < -0.4 is 0 Å². The van der Waals surface area contributed by atoms with Crippen LogP contribution in [-0.4, -0.2) is 5.11 Å². The molecule has 0 aliphatic carbocycles. The van der Waals surface area contributed by atoms with Crippen molar-refractivity contribution in [3.63, 3.8) is 0 Å². The Morgan fingerprint density at radius 2 is 1.32 bits per heavy atom. The quantitative estimate of drug-likeness (QED) is 0.402. The second-order valence-corrected chi connectivity index (χ2v) is 10.2. The Balaban J connectivity index is 1.91. The van der Waals surface area contributed by atoms with E-state index in [0.717, 1.165) is 10.5 Å². The Morgan fingerprint density at radius 1 is 0.760 bits per heavy atom. The molecule has 0 atom stereocenters. The fourth-order valence-electron chi connectivity index (χ4n) is 3.04. The summed E-state index contributed by atoms with van der Waals surface area (Å²) in [5.74, 6) is 0.396. The molecule has 0 aromatic heterocycles. The molecule has 25 heavy (non-hydrogen) atoms. The summed E-state index contributed by atoms with van der Waals surface area (Å²) in [6.45, 7) is 6.52. The lowest BCUT2D eigenvalue weighted by Crippen LogP contribution is -2.13. The van der Waals surface area contributed by atoms with Crippen molar-refractivity contribution in [3.05, 3.63) is 72.3 Å². The van der Waals surface area contributed by atoms with E-state index in [0.29, 0.717) is 5.75 Å². The molecule has 4 rings (SSSR count). The lowest BCUT2D eigenvalue weighted by molar-refractivity contribution is 0.457. The molecule has 126 valence electrons. The van der Waals surface area contributed by atoms with Crippen molar-refractivity contribution in [3.8, 4) is 5.75 Å². The number of aromatic hydroxyl groups is 1. The molecule has 1 nitrogen and oxygen atoms in total. The average molecular weight is 366 g/mol. The number of phenolic OH excluding ortho intramolecular Hbond substituents is 1. The molecule has 3 aromatic carbocycles. The number of rotatable bonds is 1. The van der Waals surface area contributed by atoms with Gasteiger partial charge < -0.3 is 5.11 Å². The minimum absolute atomic E-state index is 0.0252. The zero-order valence-electron chi connectivity index (χ0n) is 14.6. The maximum Gasteiger partial charge on any atom is 0.208 e. The maximum atomic E-state index is 10.9. The molecular weight excluding hydrogens is 344 g/mol. The van der Waals surface area contributed by atoms with Crippen molar-refractivity contribution in [2.75, 3.05) is 0 Å². The van der Waals surface area contributed by atoms with E-state index in [9.17, 15) is 5.11 Å². The normalized spacial score (nSPS) is 14.0. The van der Waals surface area contributed by atoms with Crippen LogP contribution in [0.4, 0.5) is 0 Å². The Hall–Kier alpha value is -1.84. The second kappa shape index (κ2) is 6.15. The molecule has 1 aliphatic heterocycles. The highest BCUT2D eigenvalue weighted by Crippen LogP contribution is 2.49. The summed E-state index contributed by atoms with van der Waals surface area (Å²) in [6, 6.07) is 23.3. The molecule has 0 fully saturated rings. The largest absolute Gasteiger partial charge is 0.503 e. The van der Waals surface area contributed by atoms with Crippen LogP contribution in [0, 0.1) is 0 Å². The van der Waals surface area contributed by atoms with Gasteiger partial charge in [0.1, 0.15) is 10.9 Å². The number of hydrogen-bond donors (Lipinski definition) is 1. The molecule has 0 saturated heterocycles. The zero-order chi connectivity index (χ0) is 17.6. The highest BCUT2D eigenvalue weighted by molar-refractivity contribution is 8.04. The first kappa shape index (κ1) is 16.6. The number of benzene rings is 3. The highest BCUT2D eigenvalue weighted by atomic mass is 32.2. The Morgan fingerprint density at radius 3 is 1.84 bits per heavy atom. The standard InChI is InChI=1S/C22H20OS2/c1-22(2,3)15-12-13-19(16(23)14-15)25-20-10-6-4-8-17(20)24-18-9-5-7-11-21(18)25/h4-14H,1-3H3/p+1. The van der Waals surface area contributed by atoms with Crippen molar-refractivity contribution < 1.29 is 5.11 Å². The summed E-state index contributed by atoms with van der Waals surface area (Å²) in [7, 11) is -0.275. The van der Waals surface area contributed by atoms with E-state index >= 15 is 0 Å². The minimum Gasteiger partial charge on any atom is -0.503 e. The third kappa shape index (κ3) is 2.96. The second-order valence-electron chi connectivity index (χ2n) is 7.23. The van der Waals surface area contributed by atoms with Crippen molar-refractivity contribution in [1.29, 1.82) is 0 Å². The molecule has 0 bridgehead atoms. The van der Waals surface area contributed by atoms with Gasteiger partial charge in [0.25, 0.3) is 0 Å². The lowest BCUT2D eigenvalue weighted by Gasteiger charge is -2.22. The van der Waals surface area contributed by atoms with E-state index in [1.54, 1.807) is 0 Å². The summed E-state index contributed by atoms with van der Waals surface area (Å²) in [4.78, 5) is 6.16. The molecule has 3 aromatic rings. The van der Waals surface area contributed by atoms with Gasteiger partial charge in [-0.25, -0.2) is 0 Å². The molecule has 0 amide bonds. The predicted molar refractivity (Wildman–Crippen MR) is 106 cm³/mol. The molecule has 1 aliphatic rings. The molecule has 1 heterocycles. The third-order valence-corrected chi connectivity index (χ3v) is 8.19. The summed E-state index contributed by atoms with van der Waals surface area (Å²) in [5, 5.41) is 10.9. The van der Waals surface area contributed by atoms with Crippen LogP contribution in [0.3, 0.4) is 0 Å². The predicted octanol–water partition coefficient (Wildman–Crippen LogP) is 6.25. The van der Waals surface area contributed by atoms with Crippen LogP contribution in [0.2, 0.25) is 0 Å². The van der Waals surface area contributed by atoms with E-state index in [-0.39, 0.29) is 16.3 Å². The Labute approximate surface area is 156 Å². The number of hydrogen-bond acceptors (Lipinski definition) is 2. The van der Waals surface area contributed by atoms with Crippen LogP contribution in [-0.2, 0) is 16.3 Å². The monoisotopic (exact) mass is 365 g/mol. The van der Waals surface area contributed by atoms with E-state index in [2.05, 4.69) is 81.4 Å².